The fourth-order valence-electron chi connectivity index (χ4n) is 2.52. The van der Waals surface area contributed by atoms with E-state index in [0.717, 1.165) is 4.90 Å². The summed E-state index contributed by atoms with van der Waals surface area (Å²) in [5, 5.41) is 8.58. The minimum Gasteiger partial charge on any atom is -0.334 e. The topological polar surface area (TPSA) is 69.6 Å². The van der Waals surface area contributed by atoms with Crippen molar-refractivity contribution in [3.8, 4) is 0 Å². The molecule has 0 radical (unpaired) electrons. The van der Waals surface area contributed by atoms with Gasteiger partial charge in [0.15, 0.2) is 23.3 Å². The van der Waals surface area contributed by atoms with Gasteiger partial charge >= 0.3 is 0 Å². The summed E-state index contributed by atoms with van der Waals surface area (Å²) in [7, 11) is 0. The number of nitrogens with one attached hydrogen (secondary N) is 1. The third kappa shape index (κ3) is 4.11. The maximum Gasteiger partial charge on any atom is 0.274 e. The van der Waals surface area contributed by atoms with E-state index >= 15 is 0 Å². The highest BCUT2D eigenvalue weighted by molar-refractivity contribution is 5.95. The number of carbonyl (C=O) groups excluding carboxylic acids is 2. The summed E-state index contributed by atoms with van der Waals surface area (Å²) in [6.45, 7) is 1.44. The first-order chi connectivity index (χ1) is 13.2. The summed E-state index contributed by atoms with van der Waals surface area (Å²) in [5.74, 6) is -13.3. The van der Waals surface area contributed by atoms with Crippen LogP contribution in [0.5, 0.6) is 0 Å². The number of amides is 2. The SMILES string of the molecule is CCCN(Cc1ccc(C(=O)NO)cc1)C(=O)c1c(F)c(F)c(F)c(F)c1F. The third-order valence-electron chi connectivity index (χ3n) is 3.90. The molecular weight excluding hydrogens is 387 g/mol. The monoisotopic (exact) mass is 402 g/mol. The Hall–Kier alpha value is -3.01. The summed E-state index contributed by atoms with van der Waals surface area (Å²) in [6.07, 6.45) is 0.353. The van der Waals surface area contributed by atoms with Crippen molar-refractivity contribution in [1.82, 2.24) is 10.4 Å². The molecular formula is C18H15F5N2O3. The number of hydrogen-bond donors (Lipinski definition) is 2. The van der Waals surface area contributed by atoms with E-state index in [4.69, 9.17) is 5.21 Å². The Balaban J connectivity index is 2.37. The molecule has 0 aliphatic rings. The molecule has 5 nitrogen and oxygen atoms in total. The molecule has 2 amide bonds. The number of halogens is 5. The molecule has 2 aromatic rings. The fraction of sp³-hybridized carbons (Fsp3) is 0.222. The zero-order valence-corrected chi connectivity index (χ0v) is 14.5. The molecule has 2 N–H and O–H groups in total. The summed E-state index contributed by atoms with van der Waals surface area (Å²) >= 11 is 0. The Bertz CT molecular complexity index is 874. The number of hydroxylamine groups is 1. The largest absolute Gasteiger partial charge is 0.334 e. The summed E-state index contributed by atoms with van der Waals surface area (Å²) in [5.41, 5.74) is 0.455. The van der Waals surface area contributed by atoms with Crippen molar-refractivity contribution >= 4 is 11.8 Å². The van der Waals surface area contributed by atoms with Crippen LogP contribution in [0.2, 0.25) is 0 Å². The standard InChI is InChI=1S/C18H15F5N2O3/c1-2-7-25(8-9-3-5-10(6-4-9)17(26)24-28)18(27)11-12(19)14(21)16(23)15(22)13(11)20/h3-6,28H,2,7-8H2,1H3,(H,24,26). The molecule has 0 aromatic heterocycles. The number of nitrogens with zero attached hydrogens (tertiary/aromatic N) is 1. The molecule has 0 spiro atoms. The lowest BCUT2D eigenvalue weighted by Crippen LogP contribution is -2.33. The number of benzene rings is 2. The van der Waals surface area contributed by atoms with Gasteiger partial charge in [-0.3, -0.25) is 14.8 Å². The third-order valence-corrected chi connectivity index (χ3v) is 3.90. The van der Waals surface area contributed by atoms with Crippen molar-refractivity contribution in [1.29, 1.82) is 0 Å². The zero-order valence-electron chi connectivity index (χ0n) is 14.5. The van der Waals surface area contributed by atoms with Crippen LogP contribution in [0.1, 0.15) is 39.6 Å². The first kappa shape index (κ1) is 21.3. The molecule has 0 unspecified atom stereocenters. The van der Waals surface area contributed by atoms with Crippen LogP contribution in [0.25, 0.3) is 0 Å². The minimum absolute atomic E-state index is 0.0167. The quantitative estimate of drug-likeness (QED) is 0.255. The molecule has 28 heavy (non-hydrogen) atoms. The van der Waals surface area contributed by atoms with Crippen molar-refractivity contribution in [3.63, 3.8) is 0 Å². The zero-order chi connectivity index (χ0) is 21.0. The molecule has 0 saturated carbocycles. The van der Waals surface area contributed by atoms with E-state index in [9.17, 15) is 31.5 Å². The lowest BCUT2D eigenvalue weighted by Gasteiger charge is -2.23. The highest BCUT2D eigenvalue weighted by Crippen LogP contribution is 2.25. The highest BCUT2D eigenvalue weighted by Gasteiger charge is 2.32. The van der Waals surface area contributed by atoms with E-state index in [-0.39, 0.29) is 18.7 Å². The predicted molar refractivity (Wildman–Crippen MR) is 87.0 cm³/mol. The fourth-order valence-corrected chi connectivity index (χ4v) is 2.52. The lowest BCUT2D eigenvalue weighted by molar-refractivity contribution is 0.0703. The van der Waals surface area contributed by atoms with Gasteiger partial charge in [0.25, 0.3) is 11.8 Å². The van der Waals surface area contributed by atoms with Crippen LogP contribution in [0.3, 0.4) is 0 Å². The van der Waals surface area contributed by atoms with Crippen LogP contribution in [0.4, 0.5) is 22.0 Å². The van der Waals surface area contributed by atoms with E-state index < -0.39 is 46.5 Å². The van der Waals surface area contributed by atoms with Gasteiger partial charge in [-0.05, 0) is 24.1 Å². The molecule has 0 atom stereocenters. The van der Waals surface area contributed by atoms with E-state index in [1.807, 2.05) is 0 Å². The van der Waals surface area contributed by atoms with Crippen LogP contribution in [-0.4, -0.2) is 28.5 Å². The van der Waals surface area contributed by atoms with Crippen LogP contribution in [0, 0.1) is 29.1 Å². The molecule has 2 aromatic carbocycles. The molecule has 0 aliphatic carbocycles. The van der Waals surface area contributed by atoms with Gasteiger partial charge in [-0.2, -0.15) is 0 Å². The normalized spacial score (nSPS) is 10.7. The molecule has 0 bridgehead atoms. The van der Waals surface area contributed by atoms with E-state index in [2.05, 4.69) is 0 Å². The lowest BCUT2D eigenvalue weighted by atomic mass is 10.1. The Kier molecular flexibility index (Phi) is 6.68. The second-order valence-electron chi connectivity index (χ2n) is 5.81. The van der Waals surface area contributed by atoms with Crippen molar-refractivity contribution in [2.45, 2.75) is 19.9 Å². The van der Waals surface area contributed by atoms with Crippen LogP contribution in [0.15, 0.2) is 24.3 Å². The maximum absolute atomic E-state index is 13.9. The summed E-state index contributed by atoms with van der Waals surface area (Å²) in [4.78, 5) is 24.7. The van der Waals surface area contributed by atoms with Crippen LogP contribution in [-0.2, 0) is 6.54 Å². The Morgan fingerprint density at radius 1 is 0.929 bits per heavy atom. The molecule has 10 heteroatoms. The number of carbonyl (C=O) groups is 2. The van der Waals surface area contributed by atoms with Gasteiger partial charge in [0.05, 0.1) is 0 Å². The second kappa shape index (κ2) is 8.79. The molecule has 0 aliphatic heterocycles. The van der Waals surface area contributed by atoms with Crippen molar-refractivity contribution in [3.05, 3.63) is 70.0 Å². The van der Waals surface area contributed by atoms with E-state index in [1.54, 1.807) is 6.92 Å². The van der Waals surface area contributed by atoms with Gasteiger partial charge in [-0.15, -0.1) is 0 Å². The summed E-state index contributed by atoms with van der Waals surface area (Å²) in [6, 6.07) is 5.49. The van der Waals surface area contributed by atoms with Crippen molar-refractivity contribution in [2.75, 3.05) is 6.54 Å². The molecule has 150 valence electrons. The number of rotatable bonds is 6. The Labute approximate surface area is 156 Å². The Morgan fingerprint density at radius 3 is 1.89 bits per heavy atom. The first-order valence-corrected chi connectivity index (χ1v) is 8.06. The number of hydrogen-bond acceptors (Lipinski definition) is 3. The highest BCUT2D eigenvalue weighted by atomic mass is 19.2. The second-order valence-corrected chi connectivity index (χ2v) is 5.81. The van der Waals surface area contributed by atoms with Crippen LogP contribution >= 0.6 is 0 Å². The minimum atomic E-state index is -2.34. The molecule has 0 fully saturated rings. The smallest absolute Gasteiger partial charge is 0.274 e. The molecule has 0 saturated heterocycles. The van der Waals surface area contributed by atoms with Gasteiger partial charge < -0.3 is 4.90 Å². The van der Waals surface area contributed by atoms with Gasteiger partial charge in [0, 0.05) is 18.7 Å². The van der Waals surface area contributed by atoms with Gasteiger partial charge in [0.2, 0.25) is 5.82 Å². The van der Waals surface area contributed by atoms with Gasteiger partial charge in [-0.1, -0.05) is 19.1 Å². The maximum atomic E-state index is 13.9. The summed E-state index contributed by atoms with van der Waals surface area (Å²) < 4.78 is 67.9. The van der Waals surface area contributed by atoms with Crippen molar-refractivity contribution in [2.24, 2.45) is 0 Å². The van der Waals surface area contributed by atoms with Crippen LogP contribution < -0.4 is 5.48 Å². The van der Waals surface area contributed by atoms with Gasteiger partial charge in [0.1, 0.15) is 5.56 Å². The van der Waals surface area contributed by atoms with E-state index in [0.29, 0.717) is 12.0 Å². The first-order valence-electron chi connectivity index (χ1n) is 8.06. The van der Waals surface area contributed by atoms with E-state index in [1.165, 1.54) is 29.7 Å². The predicted octanol–water partition coefficient (Wildman–Crippen LogP) is 3.55. The van der Waals surface area contributed by atoms with Crippen molar-refractivity contribution < 1.29 is 36.7 Å². The average molecular weight is 402 g/mol. The molecule has 2 rings (SSSR count). The average Bonchev–Trinajstić information content (AvgIpc) is 2.70. The molecule has 0 heterocycles. The van der Waals surface area contributed by atoms with Gasteiger partial charge in [-0.25, -0.2) is 27.4 Å². The Morgan fingerprint density at radius 2 is 1.43 bits per heavy atom.